The minimum atomic E-state index is -0.240. The first-order valence-electron chi connectivity index (χ1n) is 5.80. The first kappa shape index (κ1) is 14.8. The van der Waals surface area contributed by atoms with Gasteiger partial charge in [0, 0.05) is 28.6 Å². The Hall–Kier alpha value is -1.62. The van der Waals surface area contributed by atoms with Gasteiger partial charge in [-0.3, -0.25) is 9.98 Å². The lowest BCUT2D eigenvalue weighted by molar-refractivity contribution is 0.280. The first-order valence-corrected chi connectivity index (χ1v) is 6.56. The summed E-state index contributed by atoms with van der Waals surface area (Å²) in [5.74, 6) is -0.00890. The summed E-state index contributed by atoms with van der Waals surface area (Å²) < 4.78 is 0. The maximum absolute atomic E-state index is 9.98. The Morgan fingerprint density at radius 3 is 2.75 bits per heavy atom. The number of aliphatic imine (C=N–C) groups is 1. The molecule has 0 bridgehead atoms. The quantitative estimate of drug-likeness (QED) is 0.850. The maximum atomic E-state index is 9.98. The molecule has 1 heterocycles. The number of benzene rings is 1. The van der Waals surface area contributed by atoms with E-state index in [4.69, 9.17) is 23.2 Å². The number of rotatable bonds is 3. The first-order chi connectivity index (χ1) is 9.52. The number of aryl methyl sites for hydroxylation is 1. The molecule has 0 atom stereocenters. The number of aliphatic hydroxyl groups excluding tert-OH is 1. The maximum Gasteiger partial charge on any atom is 0.145 e. The number of hydrogen-bond donors (Lipinski definition) is 2. The molecule has 2 rings (SSSR count). The standard InChI is InChI=1S/C14H12Cl2N2O2/c1-8-14(20)11(9(7-19)5-17-8)6-18-13-3-2-10(15)4-12(13)16/h2-6,19-20H,7H2,1H3. The molecule has 0 spiro atoms. The van der Waals surface area contributed by atoms with Crippen LogP contribution in [0, 0.1) is 6.92 Å². The fourth-order valence-corrected chi connectivity index (χ4v) is 2.10. The Kier molecular flexibility index (Phi) is 4.60. The molecule has 0 radical (unpaired) electrons. The van der Waals surface area contributed by atoms with Gasteiger partial charge in [0.25, 0.3) is 0 Å². The van der Waals surface area contributed by atoms with Crippen LogP contribution in [0.15, 0.2) is 29.4 Å². The van der Waals surface area contributed by atoms with Gasteiger partial charge in [0.1, 0.15) is 5.75 Å². The Labute approximate surface area is 126 Å². The topological polar surface area (TPSA) is 65.7 Å². The summed E-state index contributed by atoms with van der Waals surface area (Å²) in [5, 5.41) is 20.2. The Balaban J connectivity index is 2.43. The van der Waals surface area contributed by atoms with Gasteiger partial charge in [0.15, 0.2) is 0 Å². The molecule has 104 valence electrons. The van der Waals surface area contributed by atoms with E-state index >= 15 is 0 Å². The monoisotopic (exact) mass is 310 g/mol. The van der Waals surface area contributed by atoms with Gasteiger partial charge in [-0.2, -0.15) is 0 Å². The summed E-state index contributed by atoms with van der Waals surface area (Å²) in [4.78, 5) is 8.19. The van der Waals surface area contributed by atoms with Gasteiger partial charge >= 0.3 is 0 Å². The molecule has 0 amide bonds. The number of aromatic nitrogens is 1. The molecule has 1 aromatic carbocycles. The number of pyridine rings is 1. The molecule has 20 heavy (non-hydrogen) atoms. The average Bonchev–Trinajstić information content (AvgIpc) is 2.42. The van der Waals surface area contributed by atoms with Crippen molar-refractivity contribution in [2.24, 2.45) is 4.99 Å². The molecule has 1 aromatic heterocycles. The molecule has 2 N–H and O–H groups in total. The summed E-state index contributed by atoms with van der Waals surface area (Å²) in [6.45, 7) is 1.43. The summed E-state index contributed by atoms with van der Waals surface area (Å²) in [6, 6.07) is 4.93. The molecule has 0 aliphatic carbocycles. The van der Waals surface area contributed by atoms with Gasteiger partial charge in [-0.05, 0) is 25.1 Å². The van der Waals surface area contributed by atoms with Crippen molar-refractivity contribution < 1.29 is 10.2 Å². The van der Waals surface area contributed by atoms with Crippen molar-refractivity contribution >= 4 is 35.1 Å². The van der Waals surface area contributed by atoms with E-state index in [-0.39, 0.29) is 12.4 Å². The second kappa shape index (κ2) is 6.22. The highest BCUT2D eigenvalue weighted by Gasteiger charge is 2.09. The van der Waals surface area contributed by atoms with Gasteiger partial charge in [-0.15, -0.1) is 0 Å². The van der Waals surface area contributed by atoms with Gasteiger partial charge in [-0.1, -0.05) is 23.2 Å². The summed E-state index contributed by atoms with van der Waals surface area (Å²) in [5.41, 5.74) is 1.90. The van der Waals surface area contributed by atoms with Crippen molar-refractivity contribution in [3.63, 3.8) is 0 Å². The lowest BCUT2D eigenvalue weighted by Crippen LogP contribution is -1.97. The van der Waals surface area contributed by atoms with E-state index in [0.717, 1.165) is 0 Å². The number of aliphatic hydroxyl groups is 1. The van der Waals surface area contributed by atoms with Crippen molar-refractivity contribution in [3.8, 4) is 5.75 Å². The summed E-state index contributed by atoms with van der Waals surface area (Å²) in [7, 11) is 0. The molecule has 0 fully saturated rings. The predicted octanol–water partition coefficient (Wildman–Crippen LogP) is 3.65. The third kappa shape index (κ3) is 3.10. The van der Waals surface area contributed by atoms with Gasteiger partial charge < -0.3 is 10.2 Å². The molecular weight excluding hydrogens is 299 g/mol. The predicted molar refractivity (Wildman–Crippen MR) is 80.3 cm³/mol. The SMILES string of the molecule is Cc1ncc(CO)c(C=Nc2ccc(Cl)cc2Cl)c1O. The highest BCUT2D eigenvalue weighted by atomic mass is 35.5. The molecule has 0 aliphatic heterocycles. The van der Waals surface area contributed by atoms with Gasteiger partial charge in [0.05, 0.1) is 23.0 Å². The van der Waals surface area contributed by atoms with Gasteiger partial charge in [-0.25, -0.2) is 0 Å². The largest absolute Gasteiger partial charge is 0.505 e. The van der Waals surface area contributed by atoms with E-state index in [1.54, 1.807) is 25.1 Å². The molecule has 4 nitrogen and oxygen atoms in total. The van der Waals surface area contributed by atoms with E-state index in [0.29, 0.717) is 32.6 Å². The number of nitrogens with zero attached hydrogens (tertiary/aromatic N) is 2. The Morgan fingerprint density at radius 1 is 1.35 bits per heavy atom. The van der Waals surface area contributed by atoms with Crippen LogP contribution in [0.1, 0.15) is 16.8 Å². The molecule has 0 saturated heterocycles. The smallest absolute Gasteiger partial charge is 0.145 e. The highest BCUT2D eigenvalue weighted by molar-refractivity contribution is 6.36. The minimum Gasteiger partial charge on any atom is -0.505 e. The molecule has 2 aromatic rings. The lowest BCUT2D eigenvalue weighted by atomic mass is 10.1. The van der Waals surface area contributed by atoms with Crippen LogP contribution in [0.4, 0.5) is 5.69 Å². The second-order valence-corrected chi connectivity index (χ2v) is 4.99. The molecule has 0 unspecified atom stereocenters. The van der Waals surface area contributed by atoms with Crippen LogP contribution in [0.5, 0.6) is 5.75 Å². The van der Waals surface area contributed by atoms with E-state index in [1.165, 1.54) is 12.4 Å². The van der Waals surface area contributed by atoms with Crippen molar-refractivity contribution in [2.45, 2.75) is 13.5 Å². The van der Waals surface area contributed by atoms with Crippen LogP contribution in [0.2, 0.25) is 10.0 Å². The average molecular weight is 311 g/mol. The van der Waals surface area contributed by atoms with Crippen molar-refractivity contribution in [1.82, 2.24) is 4.98 Å². The van der Waals surface area contributed by atoms with Crippen LogP contribution in [-0.4, -0.2) is 21.4 Å². The fraction of sp³-hybridized carbons (Fsp3) is 0.143. The molecule has 0 saturated carbocycles. The number of aromatic hydroxyl groups is 1. The van der Waals surface area contributed by atoms with E-state index in [2.05, 4.69) is 9.98 Å². The van der Waals surface area contributed by atoms with Crippen molar-refractivity contribution in [2.75, 3.05) is 0 Å². The zero-order valence-corrected chi connectivity index (χ0v) is 12.2. The molecular formula is C14H12Cl2N2O2. The van der Waals surface area contributed by atoms with Crippen molar-refractivity contribution in [1.29, 1.82) is 0 Å². The summed E-state index contributed by atoms with van der Waals surface area (Å²) in [6.07, 6.45) is 2.95. The normalized spacial score (nSPS) is 11.2. The summed E-state index contributed by atoms with van der Waals surface area (Å²) >= 11 is 11.8. The zero-order valence-electron chi connectivity index (χ0n) is 10.6. The molecule has 0 aliphatic rings. The van der Waals surface area contributed by atoms with Crippen molar-refractivity contribution in [3.05, 3.63) is 51.3 Å². The van der Waals surface area contributed by atoms with E-state index < -0.39 is 0 Å². The minimum absolute atomic E-state index is 0.00890. The lowest BCUT2D eigenvalue weighted by Gasteiger charge is -2.07. The number of hydrogen-bond acceptors (Lipinski definition) is 4. The van der Waals surface area contributed by atoms with E-state index in [1.807, 2.05) is 0 Å². The number of halogens is 2. The van der Waals surface area contributed by atoms with E-state index in [9.17, 15) is 10.2 Å². The highest BCUT2D eigenvalue weighted by Crippen LogP contribution is 2.29. The van der Waals surface area contributed by atoms with Gasteiger partial charge in [0.2, 0.25) is 0 Å². The fourth-order valence-electron chi connectivity index (χ4n) is 1.64. The van der Waals surface area contributed by atoms with Crippen LogP contribution >= 0.6 is 23.2 Å². The van der Waals surface area contributed by atoms with Crippen LogP contribution in [-0.2, 0) is 6.61 Å². The zero-order chi connectivity index (χ0) is 14.7. The third-order valence-electron chi connectivity index (χ3n) is 2.77. The van der Waals surface area contributed by atoms with Crippen LogP contribution in [0.3, 0.4) is 0 Å². The van der Waals surface area contributed by atoms with Crippen LogP contribution in [0.25, 0.3) is 0 Å². The second-order valence-electron chi connectivity index (χ2n) is 4.14. The van der Waals surface area contributed by atoms with Crippen LogP contribution < -0.4 is 0 Å². The third-order valence-corrected chi connectivity index (χ3v) is 3.31. The Morgan fingerprint density at radius 2 is 2.10 bits per heavy atom. The Bertz CT molecular complexity index is 672. The molecule has 6 heteroatoms.